The molecule has 2 rings (SSSR count). The van der Waals surface area contributed by atoms with Crippen LogP contribution in [0.15, 0.2) is 39.8 Å². The van der Waals surface area contributed by atoms with Crippen LogP contribution in [0.5, 0.6) is 0 Å². The Morgan fingerprint density at radius 3 is 2.74 bits per heavy atom. The fraction of sp³-hybridized carbons (Fsp3) is 0.182. The second-order valence-electron chi connectivity index (χ2n) is 3.89. The van der Waals surface area contributed by atoms with Crippen LogP contribution in [0, 0.1) is 6.92 Å². The first-order valence-electron chi connectivity index (χ1n) is 5.50. The lowest BCUT2D eigenvalue weighted by Gasteiger charge is -2.09. The van der Waals surface area contributed by atoms with Gasteiger partial charge in [-0.1, -0.05) is 17.3 Å². The first kappa shape index (κ1) is 13.5. The monoisotopic (exact) mass is 282 g/mol. The predicted molar refractivity (Wildman–Crippen MR) is 69.5 cm³/mol. The van der Waals surface area contributed by atoms with Crippen molar-refractivity contribution in [2.24, 2.45) is 5.84 Å². The van der Waals surface area contributed by atoms with E-state index in [1.807, 2.05) is 0 Å². The van der Waals surface area contributed by atoms with Crippen LogP contribution in [0.1, 0.15) is 11.5 Å². The quantitative estimate of drug-likeness (QED) is 0.551. The molecule has 0 radical (unpaired) electrons. The summed E-state index contributed by atoms with van der Waals surface area (Å²) >= 11 is 0. The number of nitrogen functional groups attached to an aromatic ring is 1. The van der Waals surface area contributed by atoms with Gasteiger partial charge in [0, 0.05) is 6.07 Å². The van der Waals surface area contributed by atoms with E-state index in [1.54, 1.807) is 31.2 Å². The number of nitrogens with two attached hydrogens (primary N) is 1. The number of hydrogen-bond acceptors (Lipinski definition) is 6. The third kappa shape index (κ3) is 3.11. The molecule has 8 heteroatoms. The molecule has 0 saturated carbocycles. The van der Waals surface area contributed by atoms with Gasteiger partial charge in [0.1, 0.15) is 10.7 Å². The van der Waals surface area contributed by atoms with E-state index in [-0.39, 0.29) is 11.4 Å². The summed E-state index contributed by atoms with van der Waals surface area (Å²) in [5, 5.41) is 3.71. The van der Waals surface area contributed by atoms with Crippen molar-refractivity contribution >= 4 is 15.7 Å². The van der Waals surface area contributed by atoms with Crippen molar-refractivity contribution in [1.29, 1.82) is 0 Å². The number of aromatic nitrogens is 1. The summed E-state index contributed by atoms with van der Waals surface area (Å²) in [4.78, 5) is 0.0812. The molecule has 1 heterocycles. The molecular formula is C11H14N4O3S. The lowest BCUT2D eigenvalue weighted by atomic mass is 10.3. The fourth-order valence-corrected chi connectivity index (χ4v) is 2.74. The number of sulfonamides is 1. The van der Waals surface area contributed by atoms with E-state index in [0.29, 0.717) is 17.1 Å². The van der Waals surface area contributed by atoms with Gasteiger partial charge < -0.3 is 9.95 Å². The highest BCUT2D eigenvalue weighted by Crippen LogP contribution is 2.19. The van der Waals surface area contributed by atoms with Gasteiger partial charge in [0.05, 0.1) is 17.9 Å². The van der Waals surface area contributed by atoms with Crippen LogP contribution >= 0.6 is 0 Å². The number of benzene rings is 1. The van der Waals surface area contributed by atoms with E-state index in [2.05, 4.69) is 15.3 Å². The number of anilines is 1. The molecule has 0 fully saturated rings. The van der Waals surface area contributed by atoms with Gasteiger partial charge in [0.15, 0.2) is 0 Å². The third-order valence-corrected chi connectivity index (χ3v) is 3.91. The largest absolute Gasteiger partial charge is 0.361 e. The summed E-state index contributed by atoms with van der Waals surface area (Å²) in [6.45, 7) is 1.79. The van der Waals surface area contributed by atoms with Gasteiger partial charge in [-0.25, -0.2) is 13.1 Å². The Hall–Kier alpha value is -1.90. The van der Waals surface area contributed by atoms with Gasteiger partial charge in [0.2, 0.25) is 10.0 Å². The van der Waals surface area contributed by atoms with E-state index in [0.717, 1.165) is 0 Å². The molecule has 19 heavy (non-hydrogen) atoms. The number of nitrogens with one attached hydrogen (secondary N) is 2. The van der Waals surface area contributed by atoms with Gasteiger partial charge in [-0.15, -0.1) is 0 Å². The van der Waals surface area contributed by atoms with Crippen molar-refractivity contribution in [3.8, 4) is 0 Å². The molecule has 1 aromatic heterocycles. The number of para-hydroxylation sites is 1. The van der Waals surface area contributed by atoms with Gasteiger partial charge in [-0.2, -0.15) is 0 Å². The summed E-state index contributed by atoms with van der Waals surface area (Å²) in [6, 6.07) is 8.01. The van der Waals surface area contributed by atoms with E-state index in [9.17, 15) is 8.42 Å². The Morgan fingerprint density at radius 1 is 1.37 bits per heavy atom. The third-order valence-electron chi connectivity index (χ3n) is 2.45. The molecule has 0 unspecified atom stereocenters. The van der Waals surface area contributed by atoms with Crippen molar-refractivity contribution in [2.45, 2.75) is 18.4 Å². The standard InChI is InChI=1S/C11H14N4O3S/c1-8-6-9(15-18-8)7-13-19(16,17)11-5-3-2-4-10(11)14-12/h2-6,13-14H,7,12H2,1H3. The van der Waals surface area contributed by atoms with Crippen LogP contribution < -0.4 is 16.0 Å². The van der Waals surface area contributed by atoms with Crippen molar-refractivity contribution in [3.05, 3.63) is 41.8 Å². The molecule has 0 aliphatic carbocycles. The van der Waals surface area contributed by atoms with Crippen molar-refractivity contribution < 1.29 is 12.9 Å². The van der Waals surface area contributed by atoms with E-state index in [4.69, 9.17) is 10.4 Å². The Balaban J connectivity index is 2.18. The predicted octanol–water partition coefficient (Wildman–Crippen LogP) is 0.747. The number of aryl methyl sites for hydroxylation is 1. The minimum atomic E-state index is -3.67. The Morgan fingerprint density at radius 2 is 2.11 bits per heavy atom. The maximum atomic E-state index is 12.1. The molecular weight excluding hydrogens is 268 g/mol. The molecule has 4 N–H and O–H groups in total. The van der Waals surface area contributed by atoms with Gasteiger partial charge >= 0.3 is 0 Å². The molecule has 0 atom stereocenters. The maximum absolute atomic E-state index is 12.1. The Bertz CT molecular complexity index is 666. The summed E-state index contributed by atoms with van der Waals surface area (Å²) < 4.78 is 31.6. The molecule has 1 aromatic carbocycles. The molecule has 0 aliphatic rings. The summed E-state index contributed by atoms with van der Waals surface area (Å²) in [5.74, 6) is 5.91. The normalized spacial score (nSPS) is 11.5. The number of nitrogens with zero attached hydrogens (tertiary/aromatic N) is 1. The molecule has 0 aliphatic heterocycles. The molecule has 0 spiro atoms. The number of hydrogen-bond donors (Lipinski definition) is 3. The zero-order valence-corrected chi connectivity index (χ0v) is 11.1. The fourth-order valence-electron chi connectivity index (χ4n) is 1.57. The molecule has 7 nitrogen and oxygen atoms in total. The zero-order chi connectivity index (χ0) is 13.9. The second kappa shape index (κ2) is 5.39. The zero-order valence-electron chi connectivity index (χ0n) is 10.3. The SMILES string of the molecule is Cc1cc(CNS(=O)(=O)c2ccccc2NN)no1. The van der Waals surface area contributed by atoms with E-state index in [1.165, 1.54) is 6.07 Å². The van der Waals surface area contributed by atoms with Crippen molar-refractivity contribution in [1.82, 2.24) is 9.88 Å². The molecule has 0 amide bonds. The van der Waals surface area contributed by atoms with Crippen LogP contribution in [0.25, 0.3) is 0 Å². The minimum absolute atomic E-state index is 0.0541. The van der Waals surface area contributed by atoms with Crippen LogP contribution in [-0.2, 0) is 16.6 Å². The molecule has 0 bridgehead atoms. The highest BCUT2D eigenvalue weighted by Gasteiger charge is 2.18. The topological polar surface area (TPSA) is 110 Å². The second-order valence-corrected chi connectivity index (χ2v) is 5.63. The van der Waals surface area contributed by atoms with E-state index >= 15 is 0 Å². The van der Waals surface area contributed by atoms with Crippen molar-refractivity contribution in [2.75, 3.05) is 5.43 Å². The molecule has 0 saturated heterocycles. The lowest BCUT2D eigenvalue weighted by molar-refractivity contribution is 0.390. The van der Waals surface area contributed by atoms with Crippen LogP contribution in [0.3, 0.4) is 0 Å². The average molecular weight is 282 g/mol. The van der Waals surface area contributed by atoms with Gasteiger partial charge in [-0.05, 0) is 19.1 Å². The summed E-state index contributed by atoms with van der Waals surface area (Å²) in [7, 11) is -3.67. The van der Waals surface area contributed by atoms with Crippen molar-refractivity contribution in [3.63, 3.8) is 0 Å². The smallest absolute Gasteiger partial charge is 0.243 e. The highest BCUT2D eigenvalue weighted by molar-refractivity contribution is 7.89. The minimum Gasteiger partial charge on any atom is -0.361 e. The Labute approximate surface area is 110 Å². The summed E-state index contributed by atoms with van der Waals surface area (Å²) in [6.07, 6.45) is 0. The molecule has 2 aromatic rings. The maximum Gasteiger partial charge on any atom is 0.243 e. The average Bonchev–Trinajstić information content (AvgIpc) is 2.82. The molecule has 102 valence electrons. The summed E-state index contributed by atoms with van der Waals surface area (Å²) in [5.41, 5.74) is 3.19. The van der Waals surface area contributed by atoms with Gasteiger partial charge in [-0.3, -0.25) is 5.84 Å². The van der Waals surface area contributed by atoms with Crippen LogP contribution in [-0.4, -0.2) is 13.6 Å². The van der Waals surface area contributed by atoms with E-state index < -0.39 is 10.0 Å². The Kier molecular flexibility index (Phi) is 3.84. The number of rotatable bonds is 5. The van der Waals surface area contributed by atoms with Crippen LogP contribution in [0.4, 0.5) is 5.69 Å². The number of hydrazine groups is 1. The first-order valence-corrected chi connectivity index (χ1v) is 6.99. The lowest BCUT2D eigenvalue weighted by Crippen LogP contribution is -2.25. The highest BCUT2D eigenvalue weighted by atomic mass is 32.2. The van der Waals surface area contributed by atoms with Gasteiger partial charge in [0.25, 0.3) is 0 Å². The van der Waals surface area contributed by atoms with Crippen LogP contribution in [0.2, 0.25) is 0 Å². The first-order chi connectivity index (χ1) is 9.03.